The SMILES string of the molecule is CC(C)CC1CC(NC(=O)c2ccc(C(=O)O)cc2F)CCO1. The van der Waals surface area contributed by atoms with E-state index in [1.54, 1.807) is 0 Å². The van der Waals surface area contributed by atoms with Gasteiger partial charge in [0.25, 0.3) is 5.91 Å². The lowest BCUT2D eigenvalue weighted by Crippen LogP contribution is -2.42. The number of benzene rings is 1. The quantitative estimate of drug-likeness (QED) is 0.873. The van der Waals surface area contributed by atoms with Crippen molar-refractivity contribution in [2.24, 2.45) is 5.92 Å². The number of aromatic carboxylic acids is 1. The van der Waals surface area contributed by atoms with Crippen LogP contribution in [0.4, 0.5) is 4.39 Å². The van der Waals surface area contributed by atoms with E-state index in [0.717, 1.165) is 12.5 Å². The van der Waals surface area contributed by atoms with Gasteiger partial charge in [0.1, 0.15) is 5.82 Å². The van der Waals surface area contributed by atoms with Crippen LogP contribution in [0.2, 0.25) is 0 Å². The summed E-state index contributed by atoms with van der Waals surface area (Å²) < 4.78 is 19.6. The minimum Gasteiger partial charge on any atom is -0.478 e. The number of halogens is 1. The van der Waals surface area contributed by atoms with Crippen LogP contribution in [0.15, 0.2) is 18.2 Å². The predicted molar refractivity (Wildman–Crippen MR) is 83.0 cm³/mol. The van der Waals surface area contributed by atoms with Crippen LogP contribution >= 0.6 is 0 Å². The molecule has 23 heavy (non-hydrogen) atoms. The molecule has 0 aromatic heterocycles. The number of ether oxygens (including phenoxy) is 1. The molecule has 1 aromatic rings. The summed E-state index contributed by atoms with van der Waals surface area (Å²) >= 11 is 0. The smallest absolute Gasteiger partial charge is 0.335 e. The van der Waals surface area contributed by atoms with Crippen molar-refractivity contribution in [3.8, 4) is 0 Å². The van der Waals surface area contributed by atoms with Crippen molar-refractivity contribution in [3.05, 3.63) is 35.1 Å². The minimum atomic E-state index is -1.23. The van der Waals surface area contributed by atoms with Crippen LogP contribution in [0.25, 0.3) is 0 Å². The van der Waals surface area contributed by atoms with Crippen molar-refractivity contribution < 1.29 is 23.8 Å². The van der Waals surface area contributed by atoms with Gasteiger partial charge in [-0.25, -0.2) is 9.18 Å². The molecule has 1 aromatic carbocycles. The number of carboxylic acids is 1. The van der Waals surface area contributed by atoms with Gasteiger partial charge in [-0.15, -0.1) is 0 Å². The van der Waals surface area contributed by atoms with Crippen molar-refractivity contribution in [2.75, 3.05) is 6.61 Å². The number of rotatable bonds is 5. The molecule has 0 radical (unpaired) electrons. The normalized spacial score (nSPS) is 21.2. The van der Waals surface area contributed by atoms with Crippen molar-refractivity contribution >= 4 is 11.9 Å². The number of nitrogens with one attached hydrogen (secondary N) is 1. The summed E-state index contributed by atoms with van der Waals surface area (Å²) in [5.74, 6) is -2.06. The highest BCUT2D eigenvalue weighted by Crippen LogP contribution is 2.21. The van der Waals surface area contributed by atoms with Crippen molar-refractivity contribution in [1.82, 2.24) is 5.32 Å². The first-order valence-electron chi connectivity index (χ1n) is 7.82. The number of amides is 1. The zero-order chi connectivity index (χ0) is 17.0. The van der Waals surface area contributed by atoms with Gasteiger partial charge in [-0.2, -0.15) is 0 Å². The highest BCUT2D eigenvalue weighted by Gasteiger charge is 2.25. The van der Waals surface area contributed by atoms with Gasteiger partial charge in [0.15, 0.2) is 0 Å². The first-order chi connectivity index (χ1) is 10.9. The Balaban J connectivity index is 2.00. The van der Waals surface area contributed by atoms with Gasteiger partial charge >= 0.3 is 5.97 Å². The molecule has 1 aliphatic rings. The standard InChI is InChI=1S/C17H22FNO4/c1-10(2)7-13-9-12(5-6-23-13)19-16(20)14-4-3-11(17(21)22)8-15(14)18/h3-4,8,10,12-13H,5-7,9H2,1-2H3,(H,19,20)(H,21,22). The molecule has 2 rings (SSSR count). The van der Waals surface area contributed by atoms with Crippen LogP contribution in [0.3, 0.4) is 0 Å². The molecule has 6 heteroatoms. The largest absolute Gasteiger partial charge is 0.478 e. The van der Waals surface area contributed by atoms with E-state index in [4.69, 9.17) is 9.84 Å². The van der Waals surface area contributed by atoms with Crippen molar-refractivity contribution in [3.63, 3.8) is 0 Å². The van der Waals surface area contributed by atoms with Crippen LogP contribution in [0.1, 0.15) is 53.8 Å². The van der Waals surface area contributed by atoms with E-state index < -0.39 is 17.7 Å². The average molecular weight is 323 g/mol. The molecule has 1 aliphatic heterocycles. The number of carbonyl (C=O) groups excluding carboxylic acids is 1. The third kappa shape index (κ3) is 4.76. The fraction of sp³-hybridized carbons (Fsp3) is 0.529. The third-order valence-corrected chi connectivity index (χ3v) is 3.90. The fourth-order valence-electron chi connectivity index (χ4n) is 2.80. The molecule has 0 aliphatic carbocycles. The number of carbonyl (C=O) groups is 2. The third-order valence-electron chi connectivity index (χ3n) is 3.90. The molecule has 0 spiro atoms. The predicted octanol–water partition coefficient (Wildman–Crippen LogP) is 2.85. The molecule has 1 saturated heterocycles. The molecular formula is C17H22FNO4. The summed E-state index contributed by atoms with van der Waals surface area (Å²) in [4.78, 5) is 23.0. The fourth-order valence-corrected chi connectivity index (χ4v) is 2.80. The lowest BCUT2D eigenvalue weighted by molar-refractivity contribution is -0.00849. The Bertz CT molecular complexity index is 588. The molecule has 5 nitrogen and oxygen atoms in total. The van der Waals surface area contributed by atoms with Crippen LogP contribution < -0.4 is 5.32 Å². The Kier molecular flexibility index (Phi) is 5.71. The lowest BCUT2D eigenvalue weighted by Gasteiger charge is -2.31. The number of carboxylic acid groups (broad SMARTS) is 1. The summed E-state index contributed by atoms with van der Waals surface area (Å²) in [6, 6.07) is 3.24. The Labute approximate surface area is 134 Å². The second kappa shape index (κ2) is 7.55. The van der Waals surface area contributed by atoms with Gasteiger partial charge in [0.05, 0.1) is 17.2 Å². The first kappa shape index (κ1) is 17.4. The summed E-state index contributed by atoms with van der Waals surface area (Å²) in [5, 5.41) is 11.6. The summed E-state index contributed by atoms with van der Waals surface area (Å²) in [7, 11) is 0. The van der Waals surface area contributed by atoms with E-state index in [2.05, 4.69) is 19.2 Å². The van der Waals surface area contributed by atoms with Gasteiger partial charge in [-0.05, 0) is 43.4 Å². The molecule has 1 fully saturated rings. The Morgan fingerprint density at radius 1 is 1.43 bits per heavy atom. The highest BCUT2D eigenvalue weighted by atomic mass is 19.1. The van der Waals surface area contributed by atoms with E-state index in [1.807, 2.05) is 0 Å². The minimum absolute atomic E-state index is 0.0569. The second-order valence-electron chi connectivity index (χ2n) is 6.32. The molecule has 2 N–H and O–H groups in total. The number of hydrogen-bond donors (Lipinski definition) is 2. The van der Waals surface area contributed by atoms with E-state index >= 15 is 0 Å². The summed E-state index contributed by atoms with van der Waals surface area (Å²) in [5.41, 5.74) is -0.316. The lowest BCUT2D eigenvalue weighted by atomic mass is 9.96. The van der Waals surface area contributed by atoms with Gasteiger partial charge < -0.3 is 15.2 Å². The second-order valence-corrected chi connectivity index (χ2v) is 6.32. The van der Waals surface area contributed by atoms with E-state index in [1.165, 1.54) is 12.1 Å². The topological polar surface area (TPSA) is 75.6 Å². The molecule has 1 heterocycles. The Morgan fingerprint density at radius 3 is 2.78 bits per heavy atom. The first-order valence-corrected chi connectivity index (χ1v) is 7.82. The van der Waals surface area contributed by atoms with Gasteiger partial charge in [-0.1, -0.05) is 13.8 Å². The highest BCUT2D eigenvalue weighted by molar-refractivity contribution is 5.96. The Morgan fingerprint density at radius 2 is 2.17 bits per heavy atom. The Hall–Kier alpha value is -1.95. The molecule has 2 atom stereocenters. The maximum absolute atomic E-state index is 13.9. The van der Waals surface area contributed by atoms with Crippen LogP contribution in [-0.2, 0) is 4.74 Å². The zero-order valence-corrected chi connectivity index (χ0v) is 13.3. The average Bonchev–Trinajstić information content (AvgIpc) is 2.46. The molecule has 1 amide bonds. The molecule has 126 valence electrons. The van der Waals surface area contributed by atoms with Crippen LogP contribution in [0, 0.1) is 11.7 Å². The van der Waals surface area contributed by atoms with Gasteiger partial charge in [0, 0.05) is 12.6 Å². The molecule has 0 bridgehead atoms. The van der Waals surface area contributed by atoms with Crippen LogP contribution in [0.5, 0.6) is 0 Å². The monoisotopic (exact) mass is 323 g/mol. The molecule has 0 saturated carbocycles. The molecular weight excluding hydrogens is 301 g/mol. The maximum atomic E-state index is 13.9. The van der Waals surface area contributed by atoms with Gasteiger partial charge in [-0.3, -0.25) is 4.79 Å². The maximum Gasteiger partial charge on any atom is 0.335 e. The molecule has 2 unspecified atom stereocenters. The summed E-state index contributed by atoms with van der Waals surface area (Å²) in [6.07, 6.45) is 2.43. The van der Waals surface area contributed by atoms with E-state index in [0.29, 0.717) is 25.4 Å². The zero-order valence-electron chi connectivity index (χ0n) is 13.3. The van der Waals surface area contributed by atoms with E-state index in [9.17, 15) is 14.0 Å². The summed E-state index contributed by atoms with van der Waals surface area (Å²) in [6.45, 7) is 4.80. The van der Waals surface area contributed by atoms with Crippen molar-refractivity contribution in [1.29, 1.82) is 0 Å². The van der Waals surface area contributed by atoms with Crippen LogP contribution in [-0.4, -0.2) is 35.7 Å². The van der Waals surface area contributed by atoms with Crippen molar-refractivity contribution in [2.45, 2.75) is 45.3 Å². The van der Waals surface area contributed by atoms with E-state index in [-0.39, 0.29) is 23.3 Å². The number of hydrogen-bond acceptors (Lipinski definition) is 3. The van der Waals surface area contributed by atoms with Gasteiger partial charge in [0.2, 0.25) is 0 Å².